The van der Waals surface area contributed by atoms with E-state index in [2.05, 4.69) is 10.2 Å². The number of carboxylic acid groups (broad SMARTS) is 1. The van der Waals surface area contributed by atoms with E-state index in [1.165, 1.54) is 0 Å². The Hall–Kier alpha value is -2.03. The Morgan fingerprint density at radius 2 is 1.91 bits per heavy atom. The van der Waals surface area contributed by atoms with Crippen LogP contribution in [0.15, 0.2) is 18.2 Å². The number of nitrogens with zero attached hydrogens (tertiary/aromatic N) is 3. The van der Waals surface area contributed by atoms with E-state index >= 15 is 0 Å². The number of nitrogens with one attached hydrogen (secondary N) is 1. The third-order valence-corrected chi connectivity index (χ3v) is 5.70. The summed E-state index contributed by atoms with van der Waals surface area (Å²) in [6.07, 6.45) is 1.10. The van der Waals surface area contributed by atoms with Gasteiger partial charge in [-0.1, -0.05) is 13.8 Å². The van der Waals surface area contributed by atoms with Crippen LogP contribution in [0.1, 0.15) is 32.5 Å². The molecule has 0 fully saturated rings. The number of amides is 1. The molecule has 10 heteroatoms. The number of aliphatic carboxylic acids is 1. The molecule has 1 amide bonds. The molecule has 0 spiro atoms. The number of aromatic nitrogens is 2. The first-order valence-corrected chi connectivity index (χ1v) is 11.9. The Labute approximate surface area is 199 Å². The first-order chi connectivity index (χ1) is 15.2. The monoisotopic (exact) mass is 485 g/mol. The lowest BCUT2D eigenvalue weighted by atomic mass is 10.0. The van der Waals surface area contributed by atoms with Gasteiger partial charge in [0, 0.05) is 44.0 Å². The average molecular weight is 486 g/mol. The molecule has 0 saturated carbocycles. The van der Waals surface area contributed by atoms with E-state index in [4.69, 9.17) is 33.9 Å². The maximum atomic E-state index is 12.3. The maximum absolute atomic E-state index is 12.3. The number of alkyl halides is 2. The summed E-state index contributed by atoms with van der Waals surface area (Å²) in [5, 5.41) is 12.1. The number of carbonyl (C=O) groups is 2. The fourth-order valence-corrected chi connectivity index (χ4v) is 4.06. The molecule has 8 nitrogen and oxygen atoms in total. The number of carboxylic acids is 1. The van der Waals surface area contributed by atoms with E-state index < -0.39 is 24.0 Å². The SMILES string of the molecule is CC(C)C[C@H](N)C(=O)N[C@@H](CCc1nc2cc(N(CCCl)CCCl)ccc2n1C)C(=O)O. The van der Waals surface area contributed by atoms with Crippen LogP contribution < -0.4 is 16.0 Å². The molecule has 0 unspecified atom stereocenters. The van der Waals surface area contributed by atoms with Crippen molar-refractivity contribution in [2.45, 2.75) is 45.2 Å². The summed E-state index contributed by atoms with van der Waals surface area (Å²) in [6, 6.07) is 4.22. The summed E-state index contributed by atoms with van der Waals surface area (Å²) in [5.74, 6) is 0.434. The van der Waals surface area contributed by atoms with Crippen molar-refractivity contribution in [3.8, 4) is 0 Å². The molecule has 4 N–H and O–H groups in total. The van der Waals surface area contributed by atoms with Crippen molar-refractivity contribution in [2.75, 3.05) is 29.7 Å². The largest absolute Gasteiger partial charge is 0.480 e. The fourth-order valence-electron chi connectivity index (χ4n) is 3.66. The van der Waals surface area contributed by atoms with Crippen molar-refractivity contribution in [2.24, 2.45) is 18.7 Å². The molecule has 0 aliphatic heterocycles. The number of hydrogen-bond donors (Lipinski definition) is 3. The lowest BCUT2D eigenvalue weighted by molar-refractivity contribution is -0.142. The van der Waals surface area contributed by atoms with Gasteiger partial charge in [0.05, 0.1) is 17.1 Å². The summed E-state index contributed by atoms with van der Waals surface area (Å²) in [5.41, 5.74) is 8.62. The first-order valence-electron chi connectivity index (χ1n) is 10.8. The normalized spacial score (nSPS) is 13.3. The number of carbonyl (C=O) groups excluding carboxylic acids is 1. The highest BCUT2D eigenvalue weighted by Gasteiger charge is 2.24. The molecule has 32 heavy (non-hydrogen) atoms. The summed E-state index contributed by atoms with van der Waals surface area (Å²) in [4.78, 5) is 30.8. The quantitative estimate of drug-likeness (QED) is 0.376. The number of hydrogen-bond acceptors (Lipinski definition) is 5. The molecular weight excluding hydrogens is 453 g/mol. The number of rotatable bonds is 13. The standard InChI is InChI=1S/C22H33Cl2N5O3/c1-14(2)12-16(25)21(30)27-17(22(31)32)5-7-20-26-18-13-15(4-6-19(18)28(20)3)29(10-8-23)11-9-24/h4,6,13-14,16-17H,5,7-12,25H2,1-3H3,(H,27,30)(H,31,32)/t16-,17-/m0/s1. The van der Waals surface area contributed by atoms with Crippen LogP contribution in [-0.4, -0.2) is 63.5 Å². The van der Waals surface area contributed by atoms with Gasteiger partial charge in [0.2, 0.25) is 5.91 Å². The van der Waals surface area contributed by atoms with Crippen LogP contribution in [0.2, 0.25) is 0 Å². The number of benzene rings is 1. The number of aryl methyl sites for hydroxylation is 2. The number of imidazole rings is 1. The van der Waals surface area contributed by atoms with Gasteiger partial charge in [-0.05, 0) is 37.0 Å². The molecule has 0 aliphatic carbocycles. The maximum Gasteiger partial charge on any atom is 0.326 e. The van der Waals surface area contributed by atoms with E-state index in [1.807, 2.05) is 43.7 Å². The van der Waals surface area contributed by atoms with Gasteiger partial charge in [-0.25, -0.2) is 9.78 Å². The minimum Gasteiger partial charge on any atom is -0.480 e. The van der Waals surface area contributed by atoms with E-state index in [-0.39, 0.29) is 12.3 Å². The number of anilines is 1. The van der Waals surface area contributed by atoms with Gasteiger partial charge in [-0.2, -0.15) is 0 Å². The second-order valence-corrected chi connectivity index (χ2v) is 9.06. The highest BCUT2D eigenvalue weighted by Crippen LogP contribution is 2.23. The Morgan fingerprint density at radius 1 is 1.25 bits per heavy atom. The second-order valence-electron chi connectivity index (χ2n) is 8.30. The van der Waals surface area contributed by atoms with Crippen LogP contribution in [0.3, 0.4) is 0 Å². The van der Waals surface area contributed by atoms with Gasteiger partial charge in [-0.15, -0.1) is 23.2 Å². The predicted molar refractivity (Wildman–Crippen MR) is 130 cm³/mol. The van der Waals surface area contributed by atoms with Gasteiger partial charge in [-0.3, -0.25) is 4.79 Å². The van der Waals surface area contributed by atoms with Crippen molar-refractivity contribution in [1.29, 1.82) is 0 Å². The number of nitrogens with two attached hydrogens (primary N) is 1. The molecule has 2 atom stereocenters. The smallest absolute Gasteiger partial charge is 0.326 e. The zero-order chi connectivity index (χ0) is 23.8. The molecule has 0 saturated heterocycles. The molecule has 0 aliphatic rings. The van der Waals surface area contributed by atoms with Crippen molar-refractivity contribution in [1.82, 2.24) is 14.9 Å². The number of fused-ring (bicyclic) bond motifs is 1. The highest BCUT2D eigenvalue weighted by atomic mass is 35.5. The number of halogens is 2. The zero-order valence-corrected chi connectivity index (χ0v) is 20.4. The van der Waals surface area contributed by atoms with Crippen molar-refractivity contribution >= 4 is 51.8 Å². The zero-order valence-electron chi connectivity index (χ0n) is 18.9. The minimum atomic E-state index is -1.09. The highest BCUT2D eigenvalue weighted by molar-refractivity contribution is 6.18. The summed E-state index contributed by atoms with van der Waals surface area (Å²) in [7, 11) is 1.90. The Bertz CT molecular complexity index is 912. The summed E-state index contributed by atoms with van der Waals surface area (Å²) < 4.78 is 1.94. The second kappa shape index (κ2) is 12.3. The molecular formula is C22H33Cl2N5O3. The van der Waals surface area contributed by atoms with Crippen LogP contribution in [-0.2, 0) is 23.1 Å². The van der Waals surface area contributed by atoms with Crippen LogP contribution in [0.4, 0.5) is 5.69 Å². The third kappa shape index (κ3) is 6.98. The van der Waals surface area contributed by atoms with Crippen LogP contribution in [0.25, 0.3) is 11.0 Å². The van der Waals surface area contributed by atoms with Crippen LogP contribution in [0, 0.1) is 5.92 Å². The third-order valence-electron chi connectivity index (χ3n) is 5.36. The molecule has 0 radical (unpaired) electrons. The van der Waals surface area contributed by atoms with Gasteiger partial charge in [0.25, 0.3) is 0 Å². The van der Waals surface area contributed by atoms with Crippen molar-refractivity contribution in [3.63, 3.8) is 0 Å². The topological polar surface area (TPSA) is 113 Å². The van der Waals surface area contributed by atoms with E-state index in [0.717, 1.165) is 22.5 Å². The van der Waals surface area contributed by atoms with Gasteiger partial charge in [0.15, 0.2) is 0 Å². The Kier molecular flexibility index (Phi) is 10.1. The molecule has 178 valence electrons. The first kappa shape index (κ1) is 26.2. The minimum absolute atomic E-state index is 0.212. The van der Waals surface area contributed by atoms with Crippen LogP contribution >= 0.6 is 23.2 Å². The Balaban J connectivity index is 2.14. The Morgan fingerprint density at radius 3 is 2.47 bits per heavy atom. The van der Waals surface area contributed by atoms with E-state index in [9.17, 15) is 14.7 Å². The average Bonchev–Trinajstić information content (AvgIpc) is 3.05. The summed E-state index contributed by atoms with van der Waals surface area (Å²) >= 11 is 11.8. The fraction of sp³-hybridized carbons (Fsp3) is 0.591. The van der Waals surface area contributed by atoms with Crippen molar-refractivity contribution in [3.05, 3.63) is 24.0 Å². The molecule has 1 heterocycles. The van der Waals surface area contributed by atoms with Crippen LogP contribution in [0.5, 0.6) is 0 Å². The lowest BCUT2D eigenvalue weighted by Gasteiger charge is -2.22. The lowest BCUT2D eigenvalue weighted by Crippen LogP contribution is -2.49. The van der Waals surface area contributed by atoms with E-state index in [1.54, 1.807) is 0 Å². The predicted octanol–water partition coefficient (Wildman–Crippen LogP) is 2.73. The molecule has 1 aromatic carbocycles. The summed E-state index contributed by atoms with van der Waals surface area (Å²) in [6.45, 7) is 5.28. The van der Waals surface area contributed by atoms with E-state index in [0.29, 0.717) is 37.7 Å². The molecule has 2 aromatic rings. The van der Waals surface area contributed by atoms with Gasteiger partial charge < -0.3 is 25.6 Å². The van der Waals surface area contributed by atoms with Gasteiger partial charge >= 0.3 is 5.97 Å². The van der Waals surface area contributed by atoms with Crippen molar-refractivity contribution < 1.29 is 14.7 Å². The van der Waals surface area contributed by atoms with Gasteiger partial charge in [0.1, 0.15) is 11.9 Å². The molecule has 1 aromatic heterocycles. The molecule has 2 rings (SSSR count). The molecule has 0 bridgehead atoms.